The number of hydrogen-bond donors (Lipinski definition) is 0. The fourth-order valence-electron chi connectivity index (χ4n) is 2.80. The number of rotatable bonds is 3. The molecular weight excluding hydrogens is 310 g/mol. The number of fused-ring (bicyclic) bond motifs is 1. The van der Waals surface area contributed by atoms with Crippen LogP contribution in [0.15, 0.2) is 72.8 Å². The van der Waals surface area contributed by atoms with Gasteiger partial charge in [-0.15, -0.1) is 11.3 Å². The van der Waals surface area contributed by atoms with Gasteiger partial charge in [-0.05, 0) is 35.7 Å². The Bertz CT molecular complexity index is 980. The van der Waals surface area contributed by atoms with Crippen LogP contribution in [0.4, 0.5) is 0 Å². The Balaban J connectivity index is 1.74. The molecule has 4 aromatic rings. The van der Waals surface area contributed by atoms with Crippen LogP contribution in [0.3, 0.4) is 0 Å². The zero-order valence-electron chi connectivity index (χ0n) is 13.4. The first-order valence-electron chi connectivity index (χ1n) is 8.00. The zero-order valence-corrected chi connectivity index (χ0v) is 14.3. The summed E-state index contributed by atoms with van der Waals surface area (Å²) in [6.45, 7) is 2.17. The second-order valence-electron chi connectivity index (χ2n) is 5.75. The topological polar surface area (TPSA) is 12.9 Å². The van der Waals surface area contributed by atoms with Gasteiger partial charge in [0.25, 0.3) is 0 Å². The summed E-state index contributed by atoms with van der Waals surface area (Å²) in [6, 6.07) is 25.1. The lowest BCUT2D eigenvalue weighted by molar-refractivity contribution is 1.40. The minimum absolute atomic E-state index is 1.07. The van der Waals surface area contributed by atoms with E-state index in [0.717, 1.165) is 10.5 Å². The fraction of sp³-hybridized carbons (Fsp3) is 0.0455. The third-order valence-electron chi connectivity index (χ3n) is 4.15. The third kappa shape index (κ3) is 2.89. The number of nitrogens with zero attached hydrogens (tertiary/aromatic N) is 1. The lowest BCUT2D eigenvalue weighted by Gasteiger charge is -2.06. The SMILES string of the molecule is Cc1c(C=Cc2ccccc2)cccc1-c1nc2ccccc2s1. The number of hydrogen-bond acceptors (Lipinski definition) is 2. The zero-order chi connectivity index (χ0) is 16.4. The van der Waals surface area contributed by atoms with Crippen LogP contribution in [-0.2, 0) is 0 Å². The highest BCUT2D eigenvalue weighted by Crippen LogP contribution is 2.33. The maximum absolute atomic E-state index is 4.80. The molecule has 0 N–H and O–H groups in total. The Labute approximate surface area is 145 Å². The smallest absolute Gasteiger partial charge is 0.124 e. The molecule has 1 aromatic heterocycles. The molecule has 0 bridgehead atoms. The van der Waals surface area contributed by atoms with Crippen LogP contribution in [0.25, 0.3) is 32.9 Å². The first kappa shape index (κ1) is 14.9. The minimum atomic E-state index is 1.07. The quantitative estimate of drug-likeness (QED) is 0.394. The summed E-state index contributed by atoms with van der Waals surface area (Å²) in [5.74, 6) is 0. The van der Waals surface area contributed by atoms with Crippen molar-refractivity contribution in [2.45, 2.75) is 6.92 Å². The lowest BCUT2D eigenvalue weighted by Crippen LogP contribution is -1.86. The van der Waals surface area contributed by atoms with Gasteiger partial charge in [0.1, 0.15) is 5.01 Å². The molecule has 3 aromatic carbocycles. The number of para-hydroxylation sites is 1. The molecule has 0 unspecified atom stereocenters. The molecule has 0 fully saturated rings. The predicted molar refractivity (Wildman–Crippen MR) is 105 cm³/mol. The highest BCUT2D eigenvalue weighted by atomic mass is 32.1. The fourth-order valence-corrected chi connectivity index (χ4v) is 3.85. The molecule has 0 radical (unpaired) electrons. The predicted octanol–water partition coefficient (Wildman–Crippen LogP) is 6.44. The molecular formula is C22H17NS. The van der Waals surface area contributed by atoms with Crippen molar-refractivity contribution in [1.82, 2.24) is 4.98 Å². The van der Waals surface area contributed by atoms with Crippen LogP contribution < -0.4 is 0 Å². The van der Waals surface area contributed by atoms with Crippen LogP contribution in [0.2, 0.25) is 0 Å². The van der Waals surface area contributed by atoms with Gasteiger partial charge in [-0.2, -0.15) is 0 Å². The molecule has 0 aliphatic heterocycles. The van der Waals surface area contributed by atoms with Gasteiger partial charge in [0, 0.05) is 5.56 Å². The van der Waals surface area contributed by atoms with E-state index in [-0.39, 0.29) is 0 Å². The van der Waals surface area contributed by atoms with E-state index in [1.165, 1.54) is 27.0 Å². The molecule has 0 saturated carbocycles. The largest absolute Gasteiger partial charge is 0.236 e. The monoisotopic (exact) mass is 327 g/mol. The van der Waals surface area contributed by atoms with Crippen molar-refractivity contribution in [2.75, 3.05) is 0 Å². The summed E-state index contributed by atoms with van der Waals surface area (Å²) in [5.41, 5.74) is 6.00. The van der Waals surface area contributed by atoms with Gasteiger partial charge in [-0.25, -0.2) is 4.98 Å². The standard InChI is InChI=1S/C22H17NS/c1-16-18(15-14-17-8-3-2-4-9-17)10-7-11-19(16)22-23-20-12-5-6-13-21(20)24-22/h2-15H,1H3. The van der Waals surface area contributed by atoms with E-state index in [1.54, 1.807) is 11.3 Å². The van der Waals surface area contributed by atoms with Gasteiger partial charge >= 0.3 is 0 Å². The van der Waals surface area contributed by atoms with Crippen LogP contribution in [0.1, 0.15) is 16.7 Å². The summed E-state index contributed by atoms with van der Waals surface area (Å²) in [5, 5.41) is 1.09. The molecule has 0 amide bonds. The van der Waals surface area contributed by atoms with Gasteiger partial charge < -0.3 is 0 Å². The molecule has 4 rings (SSSR count). The van der Waals surface area contributed by atoms with E-state index in [9.17, 15) is 0 Å². The van der Waals surface area contributed by atoms with Crippen LogP contribution in [0.5, 0.6) is 0 Å². The van der Waals surface area contributed by atoms with Crippen molar-refractivity contribution in [3.63, 3.8) is 0 Å². The van der Waals surface area contributed by atoms with Crippen molar-refractivity contribution >= 4 is 33.7 Å². The van der Waals surface area contributed by atoms with Crippen molar-refractivity contribution in [3.8, 4) is 10.6 Å². The van der Waals surface area contributed by atoms with Gasteiger partial charge in [0.05, 0.1) is 10.2 Å². The van der Waals surface area contributed by atoms with Crippen molar-refractivity contribution < 1.29 is 0 Å². The van der Waals surface area contributed by atoms with Crippen molar-refractivity contribution in [1.29, 1.82) is 0 Å². The van der Waals surface area contributed by atoms with Crippen molar-refractivity contribution in [3.05, 3.63) is 89.5 Å². The van der Waals surface area contributed by atoms with Gasteiger partial charge in [-0.1, -0.05) is 72.8 Å². The molecule has 0 saturated heterocycles. The van der Waals surface area contributed by atoms with Crippen LogP contribution in [0, 0.1) is 6.92 Å². The summed E-state index contributed by atoms with van der Waals surface area (Å²) in [6.07, 6.45) is 4.34. The molecule has 1 nitrogen and oxygen atoms in total. The van der Waals surface area contributed by atoms with E-state index in [4.69, 9.17) is 4.98 Å². The van der Waals surface area contributed by atoms with Gasteiger partial charge in [-0.3, -0.25) is 0 Å². The van der Waals surface area contributed by atoms with E-state index in [1.807, 2.05) is 12.1 Å². The van der Waals surface area contributed by atoms with E-state index in [0.29, 0.717) is 0 Å². The highest BCUT2D eigenvalue weighted by molar-refractivity contribution is 7.21. The lowest BCUT2D eigenvalue weighted by atomic mass is 10.0. The van der Waals surface area contributed by atoms with E-state index in [2.05, 4.69) is 79.7 Å². The summed E-state index contributed by atoms with van der Waals surface area (Å²) in [4.78, 5) is 4.80. The molecule has 116 valence electrons. The Kier molecular flexibility index (Phi) is 3.97. The summed E-state index contributed by atoms with van der Waals surface area (Å²) < 4.78 is 1.23. The second kappa shape index (κ2) is 6.42. The summed E-state index contributed by atoms with van der Waals surface area (Å²) >= 11 is 1.75. The Morgan fingerprint density at radius 1 is 0.792 bits per heavy atom. The first-order valence-corrected chi connectivity index (χ1v) is 8.81. The molecule has 0 aliphatic carbocycles. The average molecular weight is 327 g/mol. The second-order valence-corrected chi connectivity index (χ2v) is 6.78. The molecule has 24 heavy (non-hydrogen) atoms. The number of benzene rings is 3. The molecule has 0 aliphatic rings. The Morgan fingerprint density at radius 2 is 1.58 bits per heavy atom. The number of aromatic nitrogens is 1. The van der Waals surface area contributed by atoms with Gasteiger partial charge in [0.2, 0.25) is 0 Å². The third-order valence-corrected chi connectivity index (χ3v) is 5.22. The maximum Gasteiger partial charge on any atom is 0.124 e. The Hall–Kier alpha value is -2.71. The van der Waals surface area contributed by atoms with Gasteiger partial charge in [0.15, 0.2) is 0 Å². The van der Waals surface area contributed by atoms with E-state index < -0.39 is 0 Å². The maximum atomic E-state index is 4.80. The Morgan fingerprint density at radius 3 is 2.42 bits per heavy atom. The molecule has 2 heteroatoms. The van der Waals surface area contributed by atoms with Crippen molar-refractivity contribution in [2.24, 2.45) is 0 Å². The van der Waals surface area contributed by atoms with Crippen LogP contribution >= 0.6 is 11.3 Å². The van der Waals surface area contributed by atoms with E-state index >= 15 is 0 Å². The average Bonchev–Trinajstić information content (AvgIpc) is 3.05. The first-order chi connectivity index (χ1) is 11.8. The molecule has 0 atom stereocenters. The van der Waals surface area contributed by atoms with Crippen LogP contribution in [-0.4, -0.2) is 4.98 Å². The molecule has 1 heterocycles. The summed E-state index contributed by atoms with van der Waals surface area (Å²) in [7, 11) is 0. The molecule has 0 spiro atoms. The highest BCUT2D eigenvalue weighted by Gasteiger charge is 2.09. The number of thiazole rings is 1. The normalized spacial score (nSPS) is 11.4. The minimum Gasteiger partial charge on any atom is -0.236 e.